The summed E-state index contributed by atoms with van der Waals surface area (Å²) in [5.74, 6) is 5.89. The largest absolute Gasteiger partial charge is 0.395 e. The van der Waals surface area contributed by atoms with Crippen molar-refractivity contribution in [1.82, 2.24) is 4.90 Å². The summed E-state index contributed by atoms with van der Waals surface area (Å²) in [4.78, 5) is 14.2. The molecule has 0 spiro atoms. The Morgan fingerprint density at radius 3 is 2.70 bits per heavy atom. The Hall–Kier alpha value is -1.79. The van der Waals surface area contributed by atoms with Crippen molar-refractivity contribution in [3.63, 3.8) is 0 Å². The molecule has 0 heterocycles. The van der Waals surface area contributed by atoms with Crippen LogP contribution in [0.15, 0.2) is 18.2 Å². The Kier molecular flexibility index (Phi) is 6.27. The summed E-state index contributed by atoms with van der Waals surface area (Å²) < 4.78 is 0. The Morgan fingerprint density at radius 1 is 1.40 bits per heavy atom. The summed E-state index contributed by atoms with van der Waals surface area (Å²) in [6, 6.07) is 5.87. The molecule has 3 nitrogen and oxygen atoms in total. The SMILES string of the molecule is CCC(C)N(C)C(=O)c1cc(C)cc(C#CCCO)c1. The maximum absolute atomic E-state index is 12.4. The standard InChI is InChI=1S/C17H23NO2/c1-5-14(3)18(4)17(20)16-11-13(2)10-15(12-16)8-6-7-9-19/h10-12,14,19H,5,7,9H2,1-4H3. The molecule has 1 amide bonds. The van der Waals surface area contributed by atoms with Crippen LogP contribution in [-0.4, -0.2) is 35.6 Å². The van der Waals surface area contributed by atoms with Crippen molar-refractivity contribution < 1.29 is 9.90 Å². The van der Waals surface area contributed by atoms with Gasteiger partial charge in [0.15, 0.2) is 0 Å². The van der Waals surface area contributed by atoms with Crippen molar-refractivity contribution >= 4 is 5.91 Å². The fourth-order valence-corrected chi connectivity index (χ4v) is 1.88. The van der Waals surface area contributed by atoms with Crippen molar-refractivity contribution in [2.24, 2.45) is 0 Å². The first-order valence-corrected chi connectivity index (χ1v) is 6.98. The third-order valence-corrected chi connectivity index (χ3v) is 3.37. The molecule has 3 heteroatoms. The maximum Gasteiger partial charge on any atom is 0.253 e. The molecule has 108 valence electrons. The lowest BCUT2D eigenvalue weighted by Gasteiger charge is -2.24. The predicted molar refractivity (Wildman–Crippen MR) is 81.6 cm³/mol. The van der Waals surface area contributed by atoms with Gasteiger partial charge in [-0.2, -0.15) is 0 Å². The summed E-state index contributed by atoms with van der Waals surface area (Å²) in [7, 11) is 1.83. The van der Waals surface area contributed by atoms with Crippen LogP contribution in [-0.2, 0) is 0 Å². The second kappa shape index (κ2) is 7.72. The van der Waals surface area contributed by atoms with Crippen molar-refractivity contribution in [1.29, 1.82) is 0 Å². The number of rotatable bonds is 4. The molecule has 0 aliphatic carbocycles. The summed E-state index contributed by atoms with van der Waals surface area (Å²) in [5, 5.41) is 8.74. The Morgan fingerprint density at radius 2 is 2.10 bits per heavy atom. The van der Waals surface area contributed by atoms with E-state index >= 15 is 0 Å². The number of hydrogen-bond donors (Lipinski definition) is 1. The lowest BCUT2D eigenvalue weighted by atomic mass is 10.0. The van der Waals surface area contributed by atoms with Gasteiger partial charge in [-0.05, 0) is 44.0 Å². The number of hydrogen-bond acceptors (Lipinski definition) is 2. The second-order valence-corrected chi connectivity index (χ2v) is 5.04. The number of amides is 1. The van der Waals surface area contributed by atoms with E-state index in [0.29, 0.717) is 12.0 Å². The molecule has 0 saturated carbocycles. The first-order valence-electron chi connectivity index (χ1n) is 6.98. The molecular weight excluding hydrogens is 250 g/mol. The van der Waals surface area contributed by atoms with Gasteiger partial charge in [0.2, 0.25) is 0 Å². The van der Waals surface area contributed by atoms with Crippen molar-refractivity contribution in [2.75, 3.05) is 13.7 Å². The smallest absolute Gasteiger partial charge is 0.253 e. The molecule has 1 atom stereocenters. The third kappa shape index (κ3) is 4.40. The molecule has 1 unspecified atom stereocenters. The van der Waals surface area contributed by atoms with Crippen LogP contribution in [0.25, 0.3) is 0 Å². The molecule has 1 rings (SSSR count). The number of aryl methyl sites for hydroxylation is 1. The number of aliphatic hydroxyl groups is 1. The van der Waals surface area contributed by atoms with Crippen LogP contribution in [0.2, 0.25) is 0 Å². The van der Waals surface area contributed by atoms with Crippen LogP contribution in [0.3, 0.4) is 0 Å². The topological polar surface area (TPSA) is 40.5 Å². The van der Waals surface area contributed by atoms with Gasteiger partial charge in [0.1, 0.15) is 0 Å². The van der Waals surface area contributed by atoms with Crippen LogP contribution in [0.4, 0.5) is 0 Å². The van der Waals surface area contributed by atoms with Gasteiger partial charge in [-0.15, -0.1) is 0 Å². The van der Waals surface area contributed by atoms with Gasteiger partial charge in [-0.25, -0.2) is 0 Å². The predicted octanol–water partition coefficient (Wildman–Crippen LogP) is 2.60. The summed E-state index contributed by atoms with van der Waals surface area (Å²) in [6.07, 6.45) is 1.38. The highest BCUT2D eigenvalue weighted by molar-refractivity contribution is 5.94. The van der Waals surface area contributed by atoms with E-state index in [1.54, 1.807) is 4.90 Å². The van der Waals surface area contributed by atoms with E-state index in [4.69, 9.17) is 5.11 Å². The zero-order valence-corrected chi connectivity index (χ0v) is 12.7. The average Bonchev–Trinajstić information content (AvgIpc) is 2.44. The van der Waals surface area contributed by atoms with Crippen LogP contribution in [0.5, 0.6) is 0 Å². The monoisotopic (exact) mass is 273 g/mol. The highest BCUT2D eigenvalue weighted by Gasteiger charge is 2.16. The average molecular weight is 273 g/mol. The maximum atomic E-state index is 12.4. The number of benzene rings is 1. The van der Waals surface area contributed by atoms with Gasteiger partial charge in [-0.1, -0.05) is 18.8 Å². The first kappa shape index (κ1) is 16.3. The molecule has 0 aliphatic heterocycles. The van der Waals surface area contributed by atoms with E-state index in [0.717, 1.165) is 17.5 Å². The van der Waals surface area contributed by atoms with Gasteiger partial charge < -0.3 is 10.0 Å². The van der Waals surface area contributed by atoms with E-state index < -0.39 is 0 Å². The summed E-state index contributed by atoms with van der Waals surface area (Å²) in [6.45, 7) is 6.12. The quantitative estimate of drug-likeness (QED) is 0.857. The molecule has 0 aromatic heterocycles. The molecule has 1 aromatic carbocycles. The minimum absolute atomic E-state index is 0.0215. The lowest BCUT2D eigenvalue weighted by Crippen LogP contribution is -2.34. The van der Waals surface area contributed by atoms with Crippen LogP contribution in [0, 0.1) is 18.8 Å². The van der Waals surface area contributed by atoms with Crippen molar-refractivity contribution in [2.45, 2.75) is 39.7 Å². The van der Waals surface area contributed by atoms with Crippen molar-refractivity contribution in [3.8, 4) is 11.8 Å². The van der Waals surface area contributed by atoms with Crippen LogP contribution < -0.4 is 0 Å². The van der Waals surface area contributed by atoms with Crippen LogP contribution in [0.1, 0.15) is 48.2 Å². The van der Waals surface area contributed by atoms with E-state index in [-0.39, 0.29) is 18.6 Å². The number of aliphatic hydroxyl groups excluding tert-OH is 1. The van der Waals surface area contributed by atoms with Gasteiger partial charge in [-0.3, -0.25) is 4.79 Å². The molecule has 0 aliphatic rings. The Labute approximate surface area is 121 Å². The first-order chi connectivity index (χ1) is 9.49. The molecule has 0 radical (unpaired) electrons. The normalized spacial score (nSPS) is 11.4. The highest BCUT2D eigenvalue weighted by atomic mass is 16.2. The Bertz CT molecular complexity index is 526. The molecule has 0 saturated heterocycles. The molecule has 0 bridgehead atoms. The lowest BCUT2D eigenvalue weighted by molar-refractivity contribution is 0.0740. The van der Waals surface area contributed by atoms with E-state index in [1.807, 2.05) is 39.1 Å². The second-order valence-electron chi connectivity index (χ2n) is 5.04. The molecule has 20 heavy (non-hydrogen) atoms. The van der Waals surface area contributed by atoms with Gasteiger partial charge in [0.05, 0.1) is 6.61 Å². The molecule has 0 fully saturated rings. The third-order valence-electron chi connectivity index (χ3n) is 3.37. The number of nitrogens with zero attached hydrogens (tertiary/aromatic N) is 1. The minimum atomic E-state index is 0.0215. The number of carbonyl (C=O) groups excluding carboxylic acids is 1. The minimum Gasteiger partial charge on any atom is -0.395 e. The zero-order chi connectivity index (χ0) is 15.1. The Balaban J connectivity index is 3.02. The summed E-state index contributed by atoms with van der Waals surface area (Å²) >= 11 is 0. The van der Waals surface area contributed by atoms with Gasteiger partial charge >= 0.3 is 0 Å². The van der Waals surface area contributed by atoms with Crippen molar-refractivity contribution in [3.05, 3.63) is 34.9 Å². The van der Waals surface area contributed by atoms with Gasteiger partial charge in [0.25, 0.3) is 5.91 Å². The zero-order valence-electron chi connectivity index (χ0n) is 12.7. The fraction of sp³-hybridized carbons (Fsp3) is 0.471. The molecular formula is C17H23NO2. The van der Waals surface area contributed by atoms with E-state index in [9.17, 15) is 4.79 Å². The fourth-order valence-electron chi connectivity index (χ4n) is 1.88. The van der Waals surface area contributed by atoms with Crippen LogP contribution >= 0.6 is 0 Å². The summed E-state index contributed by atoms with van der Waals surface area (Å²) in [5.41, 5.74) is 2.50. The van der Waals surface area contributed by atoms with E-state index in [1.165, 1.54) is 0 Å². The number of carbonyl (C=O) groups is 1. The molecule has 1 aromatic rings. The highest BCUT2D eigenvalue weighted by Crippen LogP contribution is 2.13. The van der Waals surface area contributed by atoms with E-state index in [2.05, 4.69) is 18.8 Å². The van der Waals surface area contributed by atoms with Gasteiger partial charge in [0, 0.05) is 30.6 Å². The molecule has 1 N–H and O–H groups in total.